The van der Waals surface area contributed by atoms with E-state index in [0.717, 1.165) is 43.2 Å². The van der Waals surface area contributed by atoms with E-state index in [1.807, 2.05) is 56.5 Å². The Balaban J connectivity index is 2.54. The maximum Gasteiger partial charge on any atom is 0.408 e. The van der Waals surface area contributed by atoms with Gasteiger partial charge in [-0.3, -0.25) is 9.59 Å². The van der Waals surface area contributed by atoms with Gasteiger partial charge in [0.25, 0.3) is 5.91 Å². The molecule has 7 nitrogen and oxygen atoms in total. The van der Waals surface area contributed by atoms with Crippen LogP contribution in [0.5, 0.6) is 0 Å². The van der Waals surface area contributed by atoms with E-state index in [1.165, 1.54) is 6.42 Å². The van der Waals surface area contributed by atoms with Crippen LogP contribution in [-0.2, 0) is 14.3 Å². The second-order valence-corrected chi connectivity index (χ2v) is 13.4. The van der Waals surface area contributed by atoms with Gasteiger partial charge in [-0.25, -0.2) is 4.79 Å². The molecule has 0 saturated heterocycles. The van der Waals surface area contributed by atoms with Gasteiger partial charge in [0, 0.05) is 6.54 Å². The molecule has 2 aromatic rings. The van der Waals surface area contributed by atoms with Crippen LogP contribution in [0.15, 0.2) is 42.5 Å². The van der Waals surface area contributed by atoms with Gasteiger partial charge >= 0.3 is 6.09 Å². The summed E-state index contributed by atoms with van der Waals surface area (Å²) in [6, 6.07) is 11.3. The highest BCUT2D eigenvalue weighted by Gasteiger charge is 2.36. The summed E-state index contributed by atoms with van der Waals surface area (Å²) in [6.45, 7) is 11.7. The minimum Gasteiger partial charge on any atom is -0.444 e. The number of amides is 3. The first-order valence-electron chi connectivity index (χ1n) is 15.3. The van der Waals surface area contributed by atoms with Crippen molar-refractivity contribution >= 4 is 47.0 Å². The molecule has 0 aliphatic carbocycles. The molecule has 0 aromatic heterocycles. The third kappa shape index (κ3) is 12.4. The summed E-state index contributed by atoms with van der Waals surface area (Å²) in [6.07, 6.45) is 7.88. The average molecular weight is 632 g/mol. The molecular weight excluding hydrogens is 582 g/mol. The lowest BCUT2D eigenvalue weighted by atomic mass is 9.99. The number of hydrogen-bond acceptors (Lipinski definition) is 5. The zero-order valence-electron chi connectivity index (χ0n) is 26.9. The van der Waals surface area contributed by atoms with Crippen LogP contribution in [0.3, 0.4) is 0 Å². The van der Waals surface area contributed by atoms with Gasteiger partial charge < -0.3 is 20.3 Å². The number of nitrogens with one attached hydrogen (secondary N) is 2. The van der Waals surface area contributed by atoms with Gasteiger partial charge in [0.15, 0.2) is 0 Å². The van der Waals surface area contributed by atoms with Crippen molar-refractivity contribution in [3.63, 3.8) is 0 Å². The molecule has 0 spiro atoms. The summed E-state index contributed by atoms with van der Waals surface area (Å²) in [5.41, 5.74) is 2.29. The van der Waals surface area contributed by atoms with E-state index in [-0.39, 0.29) is 11.8 Å². The predicted octanol–water partition coefficient (Wildman–Crippen LogP) is 8.47. The van der Waals surface area contributed by atoms with Gasteiger partial charge in [-0.2, -0.15) is 11.8 Å². The van der Waals surface area contributed by atoms with Crippen molar-refractivity contribution < 1.29 is 19.1 Å². The molecule has 2 N–H and O–H groups in total. The largest absolute Gasteiger partial charge is 0.444 e. The predicted molar refractivity (Wildman–Crippen MR) is 180 cm³/mol. The van der Waals surface area contributed by atoms with Crippen molar-refractivity contribution in [3.05, 3.63) is 64.2 Å². The van der Waals surface area contributed by atoms with E-state index in [0.29, 0.717) is 35.0 Å². The zero-order valence-corrected chi connectivity index (χ0v) is 28.5. The van der Waals surface area contributed by atoms with E-state index in [2.05, 4.69) is 17.6 Å². The minimum absolute atomic E-state index is 0.314. The van der Waals surface area contributed by atoms with Gasteiger partial charge in [-0.15, -0.1) is 0 Å². The molecule has 0 heterocycles. The molecule has 2 atom stereocenters. The number of rotatable bonds is 16. The van der Waals surface area contributed by atoms with Crippen LogP contribution >= 0.6 is 23.4 Å². The summed E-state index contributed by atoms with van der Waals surface area (Å²) in [7, 11) is 0. The molecule has 3 amide bonds. The van der Waals surface area contributed by atoms with E-state index in [9.17, 15) is 14.4 Å². The normalized spacial score (nSPS) is 12.7. The maximum absolute atomic E-state index is 14.4. The highest BCUT2D eigenvalue weighted by molar-refractivity contribution is 7.98. The first-order chi connectivity index (χ1) is 20.4. The Hall–Kier alpha value is -2.71. The molecule has 0 fully saturated rings. The van der Waals surface area contributed by atoms with E-state index >= 15 is 0 Å². The van der Waals surface area contributed by atoms with Crippen LogP contribution in [0.25, 0.3) is 0 Å². The number of alkyl carbamates (subject to hydrolysis) is 1. The van der Waals surface area contributed by atoms with Gasteiger partial charge in [0.2, 0.25) is 5.91 Å². The third-order valence-electron chi connectivity index (χ3n) is 7.02. The minimum atomic E-state index is -0.934. The lowest BCUT2D eigenvalue weighted by Gasteiger charge is -2.35. The lowest BCUT2D eigenvalue weighted by Crippen LogP contribution is -2.52. The van der Waals surface area contributed by atoms with Gasteiger partial charge in [-0.05, 0) is 76.7 Å². The van der Waals surface area contributed by atoms with Gasteiger partial charge in [0.1, 0.15) is 17.7 Å². The maximum atomic E-state index is 14.4. The number of nitrogens with zero attached hydrogens (tertiary/aromatic N) is 1. The standard InChI is InChI=1S/C34H50ClN3O4S/c1-8-9-10-11-12-13-21-38(32(40)28(20-22-43-7)36-33(41)42-34(4,5)6)30(26-18-14-16-24(2)23-26)31(39)37-29-25(3)17-15-19-27(29)35/h14-19,23,28,30H,8-13,20-22H2,1-7H3,(H,36,41)(H,37,39). The molecule has 0 aliphatic heterocycles. The number of hydrogen-bond donors (Lipinski definition) is 2. The second-order valence-electron chi connectivity index (χ2n) is 12.0. The third-order valence-corrected chi connectivity index (χ3v) is 7.98. The van der Waals surface area contributed by atoms with Crippen molar-refractivity contribution in [1.82, 2.24) is 10.2 Å². The van der Waals surface area contributed by atoms with E-state index < -0.39 is 23.8 Å². The number of carbonyl (C=O) groups is 3. The molecule has 0 aliphatic rings. The van der Waals surface area contributed by atoms with Crippen LogP contribution < -0.4 is 10.6 Å². The molecule has 9 heteroatoms. The first-order valence-corrected chi connectivity index (χ1v) is 17.1. The zero-order chi connectivity index (χ0) is 32.0. The van der Waals surface area contributed by atoms with Gasteiger partial charge in [0.05, 0.1) is 10.7 Å². The van der Waals surface area contributed by atoms with E-state index in [4.69, 9.17) is 16.3 Å². The number of unbranched alkanes of at least 4 members (excludes halogenated alkanes) is 5. The van der Waals surface area contributed by atoms with Crippen LogP contribution in [-0.4, -0.2) is 53.0 Å². The van der Waals surface area contributed by atoms with Crippen molar-refractivity contribution in [2.45, 2.75) is 104 Å². The average Bonchev–Trinajstić information content (AvgIpc) is 2.93. The fraction of sp³-hybridized carbons (Fsp3) is 0.559. The Labute approximate surface area is 267 Å². The molecule has 2 unspecified atom stereocenters. The molecule has 0 saturated carbocycles. The molecule has 2 rings (SSSR count). The molecule has 238 valence electrons. The summed E-state index contributed by atoms with van der Waals surface area (Å²) in [5, 5.41) is 6.26. The van der Waals surface area contributed by atoms with Crippen molar-refractivity contribution in [2.24, 2.45) is 0 Å². The second kappa shape index (κ2) is 18.2. The summed E-state index contributed by atoms with van der Waals surface area (Å²) < 4.78 is 5.51. The quantitative estimate of drug-likeness (QED) is 0.181. The number of aryl methyl sites for hydroxylation is 2. The fourth-order valence-corrected chi connectivity index (χ4v) is 5.61. The number of benzene rings is 2. The summed E-state index contributed by atoms with van der Waals surface area (Å²) >= 11 is 8.08. The number of ether oxygens (including phenoxy) is 1. The van der Waals surface area contributed by atoms with E-state index in [1.54, 1.807) is 43.5 Å². The van der Waals surface area contributed by atoms with Crippen molar-refractivity contribution in [2.75, 3.05) is 23.9 Å². The van der Waals surface area contributed by atoms with Crippen molar-refractivity contribution in [1.29, 1.82) is 0 Å². The fourth-order valence-electron chi connectivity index (χ4n) is 4.87. The van der Waals surface area contributed by atoms with Crippen LogP contribution in [0.2, 0.25) is 5.02 Å². The Morgan fingerprint density at radius 1 is 1.00 bits per heavy atom. The Kier molecular flexibility index (Phi) is 15.4. The smallest absolute Gasteiger partial charge is 0.408 e. The first kappa shape index (κ1) is 36.5. The summed E-state index contributed by atoms with van der Waals surface area (Å²) in [5.74, 6) is -0.0231. The molecule has 43 heavy (non-hydrogen) atoms. The number of carbonyl (C=O) groups excluding carboxylic acids is 3. The SMILES string of the molecule is CCCCCCCCN(C(=O)C(CCSC)NC(=O)OC(C)(C)C)C(C(=O)Nc1c(C)cccc1Cl)c1cccc(C)c1. The molecule has 2 aromatic carbocycles. The van der Waals surface area contributed by atoms with Crippen LogP contribution in [0, 0.1) is 13.8 Å². The summed E-state index contributed by atoms with van der Waals surface area (Å²) in [4.78, 5) is 43.1. The van der Waals surface area contributed by atoms with Gasteiger partial charge in [-0.1, -0.05) is 92.6 Å². The Morgan fingerprint density at radius 3 is 2.30 bits per heavy atom. The number of para-hydroxylation sites is 1. The molecular formula is C34H50ClN3O4S. The molecule has 0 bridgehead atoms. The van der Waals surface area contributed by atoms with Crippen LogP contribution in [0.1, 0.15) is 95.4 Å². The topological polar surface area (TPSA) is 87.7 Å². The number of anilines is 1. The Morgan fingerprint density at radius 2 is 1.67 bits per heavy atom. The molecule has 0 radical (unpaired) electrons. The van der Waals surface area contributed by atoms with Crippen LogP contribution in [0.4, 0.5) is 10.5 Å². The van der Waals surface area contributed by atoms with Crippen molar-refractivity contribution in [3.8, 4) is 0 Å². The highest BCUT2D eigenvalue weighted by atomic mass is 35.5. The Bertz CT molecular complexity index is 1180. The monoisotopic (exact) mass is 631 g/mol. The number of thioether (sulfide) groups is 1. The number of halogens is 1. The lowest BCUT2D eigenvalue weighted by molar-refractivity contribution is -0.141. The highest BCUT2D eigenvalue weighted by Crippen LogP contribution is 2.30.